The molecular weight excluding hydrogens is 413 g/mol. The van der Waals surface area contributed by atoms with Crippen LogP contribution in [0.25, 0.3) is 0 Å². The molecule has 156 valence electrons. The maximum atomic E-state index is 13.9. The molecule has 10 heteroatoms. The van der Waals surface area contributed by atoms with Crippen molar-refractivity contribution in [3.05, 3.63) is 57.6 Å². The first-order chi connectivity index (χ1) is 14.3. The summed E-state index contributed by atoms with van der Waals surface area (Å²) in [6.07, 6.45) is -0.240. The molecule has 1 aromatic carbocycles. The highest BCUT2D eigenvalue weighted by molar-refractivity contribution is 8.04. The molecule has 2 N–H and O–H groups in total. The number of rotatable bonds is 5. The lowest BCUT2D eigenvalue weighted by atomic mass is 9.83. The second-order valence-electron chi connectivity index (χ2n) is 6.40. The van der Waals surface area contributed by atoms with Crippen LogP contribution in [0.2, 0.25) is 0 Å². The van der Waals surface area contributed by atoms with Crippen LogP contribution in [-0.4, -0.2) is 41.7 Å². The Morgan fingerprint density at radius 3 is 2.73 bits per heavy atom. The number of hydrogen-bond donors (Lipinski definition) is 1. The van der Waals surface area contributed by atoms with Gasteiger partial charge < -0.3 is 15.2 Å². The van der Waals surface area contributed by atoms with Crippen LogP contribution < -0.4 is 5.73 Å². The Bertz CT molecular complexity index is 1030. The average molecular weight is 431 g/mol. The number of hydrogen-bond acceptors (Lipinski definition) is 8. The van der Waals surface area contributed by atoms with E-state index >= 15 is 0 Å². The molecule has 0 aromatic heterocycles. The quantitative estimate of drug-likeness (QED) is 0.702. The molecule has 2 heterocycles. The molecule has 1 aromatic rings. The molecule has 0 bridgehead atoms. The summed E-state index contributed by atoms with van der Waals surface area (Å²) >= 11 is 0.965. The zero-order chi connectivity index (χ0) is 22.0. The number of allylic oxidation sites excluding steroid dienone is 1. The summed E-state index contributed by atoms with van der Waals surface area (Å²) in [5.74, 6) is -3.66. The second-order valence-corrected chi connectivity index (χ2v) is 7.59. The first-order valence-electron chi connectivity index (χ1n) is 8.97. The van der Waals surface area contributed by atoms with Crippen LogP contribution in [0.5, 0.6) is 0 Å². The van der Waals surface area contributed by atoms with Gasteiger partial charge >= 0.3 is 11.9 Å². The van der Waals surface area contributed by atoms with Crippen LogP contribution in [0.15, 0.2) is 46.3 Å². The summed E-state index contributed by atoms with van der Waals surface area (Å²) in [5.41, 5.74) is 6.38. The van der Waals surface area contributed by atoms with Gasteiger partial charge in [0.15, 0.2) is 0 Å². The van der Waals surface area contributed by atoms with Crippen LogP contribution in [0.3, 0.4) is 0 Å². The molecule has 2 atom stereocenters. The molecule has 0 saturated carbocycles. The van der Waals surface area contributed by atoms with Gasteiger partial charge in [-0.25, -0.2) is 9.18 Å². The maximum absolute atomic E-state index is 13.9. The Balaban J connectivity index is 2.21. The molecule has 3 rings (SSSR count). The molecular formula is C20H18FN3O5S. The molecule has 2 aliphatic heterocycles. The van der Waals surface area contributed by atoms with E-state index in [1.165, 1.54) is 25.3 Å². The molecule has 30 heavy (non-hydrogen) atoms. The van der Waals surface area contributed by atoms with E-state index < -0.39 is 34.8 Å². The van der Waals surface area contributed by atoms with Gasteiger partial charge in [-0.05, 0) is 24.6 Å². The smallest absolute Gasteiger partial charge is 0.337 e. The zero-order valence-electron chi connectivity index (χ0n) is 16.2. The number of carbonyl (C=O) groups excluding carboxylic acids is 3. The number of fused-ring (bicyclic) bond motifs is 1. The summed E-state index contributed by atoms with van der Waals surface area (Å²) in [7, 11) is 1.20. The van der Waals surface area contributed by atoms with E-state index in [1.54, 1.807) is 13.0 Å². The molecule has 0 aliphatic carbocycles. The SMILES string of the molecule is CCOC(=O)C1=C2SC(CC(=O)OC)C(=O)N2C(N)=C(C#N)C1c1cccc(F)c1. The molecule has 2 unspecified atom stereocenters. The predicted molar refractivity (Wildman–Crippen MR) is 104 cm³/mol. The van der Waals surface area contributed by atoms with E-state index in [4.69, 9.17) is 10.5 Å². The molecule has 8 nitrogen and oxygen atoms in total. The first-order valence-corrected chi connectivity index (χ1v) is 9.85. The van der Waals surface area contributed by atoms with Crippen LogP contribution in [-0.2, 0) is 23.9 Å². The summed E-state index contributed by atoms with van der Waals surface area (Å²) in [6, 6.07) is 7.37. The fraction of sp³-hybridized carbons (Fsp3) is 0.300. The number of methoxy groups -OCH3 is 1. The van der Waals surface area contributed by atoms with E-state index in [1.807, 2.05) is 6.07 Å². The third kappa shape index (κ3) is 3.64. The van der Waals surface area contributed by atoms with Gasteiger partial charge in [-0.2, -0.15) is 5.26 Å². The molecule has 2 aliphatic rings. The van der Waals surface area contributed by atoms with Gasteiger partial charge in [0.1, 0.15) is 16.9 Å². The third-order valence-corrected chi connectivity index (χ3v) is 5.93. The van der Waals surface area contributed by atoms with Gasteiger partial charge in [0.05, 0.1) is 48.3 Å². The first kappa shape index (κ1) is 21.4. The zero-order valence-corrected chi connectivity index (χ0v) is 17.0. The minimum atomic E-state index is -1.02. The van der Waals surface area contributed by atoms with Gasteiger partial charge in [-0.1, -0.05) is 23.9 Å². The lowest BCUT2D eigenvalue weighted by Gasteiger charge is -2.31. The monoisotopic (exact) mass is 431 g/mol. The lowest BCUT2D eigenvalue weighted by molar-refractivity contribution is -0.142. The number of amides is 1. The third-order valence-electron chi connectivity index (χ3n) is 4.65. The van der Waals surface area contributed by atoms with E-state index in [2.05, 4.69) is 4.74 Å². The largest absolute Gasteiger partial charge is 0.469 e. The topological polar surface area (TPSA) is 123 Å². The highest BCUT2D eigenvalue weighted by Crippen LogP contribution is 2.50. The number of nitriles is 1. The fourth-order valence-electron chi connectivity index (χ4n) is 3.35. The Labute approximate surface area is 176 Å². The van der Waals surface area contributed by atoms with Gasteiger partial charge in [0.25, 0.3) is 0 Å². The Morgan fingerprint density at radius 2 is 2.13 bits per heavy atom. The van der Waals surface area contributed by atoms with Crippen LogP contribution in [0.1, 0.15) is 24.8 Å². The van der Waals surface area contributed by atoms with Crippen LogP contribution in [0.4, 0.5) is 4.39 Å². The molecule has 0 radical (unpaired) electrons. The summed E-state index contributed by atoms with van der Waals surface area (Å²) in [6.45, 7) is 1.67. The number of nitrogens with two attached hydrogens (primary N) is 1. The molecule has 0 spiro atoms. The van der Waals surface area contributed by atoms with Crippen LogP contribution in [0, 0.1) is 17.1 Å². The fourth-order valence-corrected chi connectivity index (χ4v) is 4.67. The van der Waals surface area contributed by atoms with Crippen molar-refractivity contribution in [3.63, 3.8) is 0 Å². The summed E-state index contributed by atoms with van der Waals surface area (Å²) in [4.78, 5) is 38.6. The lowest BCUT2D eigenvalue weighted by Crippen LogP contribution is -2.38. The van der Waals surface area contributed by atoms with Gasteiger partial charge in [-0.15, -0.1) is 0 Å². The van der Waals surface area contributed by atoms with Gasteiger partial charge in [-0.3, -0.25) is 14.5 Å². The summed E-state index contributed by atoms with van der Waals surface area (Å²) < 4.78 is 23.7. The number of halogens is 1. The standard InChI is InChI=1S/C20H18FN3O5S/c1-3-29-20(27)16-15(10-5-4-6-11(21)7-10)12(9-22)17(23)24-18(26)13(30-19(16)24)8-14(25)28-2/h4-7,13,15H,3,8,23H2,1-2H3. The number of nitrogens with zero attached hydrogens (tertiary/aromatic N) is 2. The van der Waals surface area contributed by atoms with Crippen molar-refractivity contribution in [3.8, 4) is 6.07 Å². The number of thioether (sulfide) groups is 1. The van der Waals surface area contributed by atoms with E-state index in [9.17, 15) is 24.0 Å². The van der Waals surface area contributed by atoms with Gasteiger partial charge in [0, 0.05) is 0 Å². The highest BCUT2D eigenvalue weighted by Gasteiger charge is 2.49. The molecule has 1 fully saturated rings. The predicted octanol–water partition coefficient (Wildman–Crippen LogP) is 1.90. The Morgan fingerprint density at radius 1 is 1.40 bits per heavy atom. The molecule has 1 saturated heterocycles. The van der Waals surface area contributed by atoms with Crippen molar-refractivity contribution in [1.29, 1.82) is 5.26 Å². The van der Waals surface area contributed by atoms with Crippen molar-refractivity contribution in [2.75, 3.05) is 13.7 Å². The number of esters is 2. The number of ether oxygens (including phenoxy) is 2. The molecule has 1 amide bonds. The Kier molecular flexibility index (Phi) is 6.12. The minimum absolute atomic E-state index is 0.00100. The average Bonchev–Trinajstić information content (AvgIpc) is 3.03. The number of benzene rings is 1. The maximum Gasteiger partial charge on any atom is 0.337 e. The van der Waals surface area contributed by atoms with Gasteiger partial charge in [0.2, 0.25) is 5.91 Å². The van der Waals surface area contributed by atoms with Crippen LogP contribution >= 0.6 is 11.8 Å². The van der Waals surface area contributed by atoms with E-state index in [-0.39, 0.29) is 35.0 Å². The van der Waals surface area contributed by atoms with Crippen molar-refractivity contribution in [2.24, 2.45) is 5.73 Å². The van der Waals surface area contributed by atoms with Crippen molar-refractivity contribution >= 4 is 29.6 Å². The Hall–Kier alpha value is -3.32. The minimum Gasteiger partial charge on any atom is -0.469 e. The van der Waals surface area contributed by atoms with Crippen molar-refractivity contribution < 1.29 is 28.2 Å². The van der Waals surface area contributed by atoms with E-state index in [0.29, 0.717) is 5.56 Å². The van der Waals surface area contributed by atoms with E-state index in [0.717, 1.165) is 16.7 Å². The van der Waals surface area contributed by atoms with Crippen molar-refractivity contribution in [1.82, 2.24) is 4.90 Å². The normalized spacial score (nSPS) is 20.7. The van der Waals surface area contributed by atoms with Crippen molar-refractivity contribution in [2.45, 2.75) is 24.5 Å². The highest BCUT2D eigenvalue weighted by atomic mass is 32.2. The summed E-state index contributed by atoms with van der Waals surface area (Å²) in [5, 5.41) is 9.05. The number of carbonyl (C=O) groups is 3. The second kappa shape index (κ2) is 8.59.